The molecule has 4 heterocycles. The molecule has 5 rings (SSSR count). The van der Waals surface area contributed by atoms with Gasteiger partial charge in [-0.15, -0.1) is 0 Å². The van der Waals surface area contributed by atoms with Crippen LogP contribution in [0, 0.1) is 0 Å². The molecule has 3 aromatic rings. The summed E-state index contributed by atoms with van der Waals surface area (Å²) in [5, 5.41) is 3.91. The van der Waals surface area contributed by atoms with Crippen molar-refractivity contribution in [3.8, 4) is 0 Å². The number of aromatic nitrogens is 2. The van der Waals surface area contributed by atoms with E-state index in [0.717, 1.165) is 45.8 Å². The first kappa shape index (κ1) is 19.8. The van der Waals surface area contributed by atoms with Crippen molar-refractivity contribution in [2.24, 2.45) is 4.99 Å². The Balaban J connectivity index is 1.46. The van der Waals surface area contributed by atoms with Crippen molar-refractivity contribution in [3.05, 3.63) is 77.7 Å². The van der Waals surface area contributed by atoms with Crippen LogP contribution in [-0.2, 0) is 6.54 Å². The molecule has 31 heavy (non-hydrogen) atoms. The largest absolute Gasteiger partial charge is 0.356 e. The first-order valence-corrected chi connectivity index (χ1v) is 11.4. The zero-order valence-electron chi connectivity index (χ0n) is 17.1. The minimum atomic E-state index is -0.131. The molecular weight excluding hydrogens is 406 g/mol. The SMILES string of the molecule is O=C(NCc1ccccn1)c1ccc2c(c1)N=C(N1CCCCC1)c1cccnc1S2. The molecule has 0 bridgehead atoms. The summed E-state index contributed by atoms with van der Waals surface area (Å²) in [4.78, 5) is 30.1. The number of likely N-dealkylation sites (tertiary alicyclic amines) is 1. The van der Waals surface area contributed by atoms with Crippen LogP contribution in [-0.4, -0.2) is 39.7 Å². The lowest BCUT2D eigenvalue weighted by molar-refractivity contribution is 0.0950. The molecule has 7 heteroatoms. The highest BCUT2D eigenvalue weighted by atomic mass is 32.2. The molecule has 1 aromatic carbocycles. The minimum Gasteiger partial charge on any atom is -0.356 e. The van der Waals surface area contributed by atoms with Crippen LogP contribution < -0.4 is 5.32 Å². The van der Waals surface area contributed by atoms with Gasteiger partial charge in [0.05, 0.1) is 17.9 Å². The van der Waals surface area contributed by atoms with Crippen LogP contribution in [0.25, 0.3) is 0 Å². The number of aliphatic imine (C=N–C) groups is 1. The maximum Gasteiger partial charge on any atom is 0.251 e. The molecule has 0 saturated carbocycles. The fourth-order valence-corrected chi connectivity index (χ4v) is 4.81. The van der Waals surface area contributed by atoms with Crippen molar-refractivity contribution in [2.45, 2.75) is 35.7 Å². The summed E-state index contributed by atoms with van der Waals surface area (Å²) in [5.41, 5.74) is 3.30. The smallest absolute Gasteiger partial charge is 0.251 e. The summed E-state index contributed by atoms with van der Waals surface area (Å²) in [5.74, 6) is 0.827. The van der Waals surface area contributed by atoms with Gasteiger partial charge in [-0.05, 0) is 61.7 Å². The number of amides is 1. The van der Waals surface area contributed by atoms with Gasteiger partial charge in [0.15, 0.2) is 0 Å². The van der Waals surface area contributed by atoms with Gasteiger partial charge in [-0.1, -0.05) is 17.8 Å². The number of nitrogens with zero attached hydrogens (tertiary/aromatic N) is 4. The fourth-order valence-electron chi connectivity index (χ4n) is 3.88. The lowest BCUT2D eigenvalue weighted by Gasteiger charge is -2.30. The van der Waals surface area contributed by atoms with Gasteiger partial charge < -0.3 is 10.2 Å². The number of pyridine rings is 2. The Morgan fingerprint density at radius 3 is 2.71 bits per heavy atom. The molecule has 0 unspecified atom stereocenters. The molecule has 1 amide bonds. The molecule has 1 fully saturated rings. The van der Waals surface area contributed by atoms with E-state index in [9.17, 15) is 4.79 Å². The Kier molecular flexibility index (Phi) is 5.67. The van der Waals surface area contributed by atoms with Gasteiger partial charge in [-0.2, -0.15) is 0 Å². The van der Waals surface area contributed by atoms with Crippen LogP contribution in [0.2, 0.25) is 0 Å². The highest BCUT2D eigenvalue weighted by Crippen LogP contribution is 2.40. The number of rotatable bonds is 3. The van der Waals surface area contributed by atoms with Gasteiger partial charge in [0.25, 0.3) is 5.91 Å². The van der Waals surface area contributed by atoms with Gasteiger partial charge in [-0.25, -0.2) is 9.98 Å². The molecule has 1 saturated heterocycles. The third-order valence-electron chi connectivity index (χ3n) is 5.48. The monoisotopic (exact) mass is 429 g/mol. The van der Waals surface area contributed by atoms with Crippen molar-refractivity contribution in [1.82, 2.24) is 20.2 Å². The van der Waals surface area contributed by atoms with Crippen molar-refractivity contribution in [1.29, 1.82) is 0 Å². The van der Waals surface area contributed by atoms with E-state index in [0.29, 0.717) is 12.1 Å². The van der Waals surface area contributed by atoms with E-state index < -0.39 is 0 Å². The third-order valence-corrected chi connectivity index (χ3v) is 6.56. The number of nitrogens with one attached hydrogen (secondary N) is 1. The predicted molar refractivity (Wildman–Crippen MR) is 122 cm³/mol. The maximum absolute atomic E-state index is 12.8. The normalized spacial score (nSPS) is 15.4. The van der Waals surface area contributed by atoms with E-state index in [4.69, 9.17) is 4.99 Å². The van der Waals surface area contributed by atoms with Crippen LogP contribution >= 0.6 is 11.8 Å². The Morgan fingerprint density at radius 2 is 1.87 bits per heavy atom. The van der Waals surface area contributed by atoms with E-state index >= 15 is 0 Å². The zero-order valence-corrected chi connectivity index (χ0v) is 17.9. The average molecular weight is 430 g/mol. The number of fused-ring (bicyclic) bond motifs is 2. The zero-order chi connectivity index (χ0) is 21.0. The minimum absolute atomic E-state index is 0.131. The van der Waals surface area contributed by atoms with Gasteiger partial charge in [0, 0.05) is 41.5 Å². The summed E-state index contributed by atoms with van der Waals surface area (Å²) in [6.07, 6.45) is 7.15. The van der Waals surface area contributed by atoms with Crippen molar-refractivity contribution in [2.75, 3.05) is 13.1 Å². The molecule has 156 valence electrons. The van der Waals surface area contributed by atoms with Crippen molar-refractivity contribution in [3.63, 3.8) is 0 Å². The molecule has 6 nitrogen and oxygen atoms in total. The Bertz CT molecular complexity index is 1130. The van der Waals surface area contributed by atoms with Gasteiger partial charge in [0.2, 0.25) is 0 Å². The van der Waals surface area contributed by atoms with Crippen molar-refractivity contribution >= 4 is 29.2 Å². The molecule has 1 N–H and O–H groups in total. The van der Waals surface area contributed by atoms with Crippen LogP contribution in [0.3, 0.4) is 0 Å². The topological polar surface area (TPSA) is 70.5 Å². The molecule has 0 atom stereocenters. The fraction of sp³-hybridized carbons (Fsp3) is 0.250. The summed E-state index contributed by atoms with van der Waals surface area (Å²) in [6.45, 7) is 2.39. The first-order chi connectivity index (χ1) is 15.3. The lowest BCUT2D eigenvalue weighted by atomic mass is 10.1. The van der Waals surface area contributed by atoms with E-state index in [1.807, 2.05) is 48.7 Å². The second kappa shape index (κ2) is 8.89. The second-order valence-electron chi connectivity index (χ2n) is 7.63. The summed E-state index contributed by atoms with van der Waals surface area (Å²) in [6, 6.07) is 15.4. The summed E-state index contributed by atoms with van der Waals surface area (Å²) < 4.78 is 0. The lowest BCUT2D eigenvalue weighted by Crippen LogP contribution is -2.36. The summed E-state index contributed by atoms with van der Waals surface area (Å²) >= 11 is 1.61. The van der Waals surface area contributed by atoms with E-state index in [1.165, 1.54) is 19.3 Å². The summed E-state index contributed by atoms with van der Waals surface area (Å²) in [7, 11) is 0. The molecule has 0 spiro atoms. The first-order valence-electron chi connectivity index (χ1n) is 10.6. The van der Waals surface area contributed by atoms with E-state index in [2.05, 4.69) is 26.3 Å². The Labute approximate surface area is 185 Å². The maximum atomic E-state index is 12.8. The van der Waals surface area contributed by atoms with Gasteiger partial charge in [-0.3, -0.25) is 9.78 Å². The Morgan fingerprint density at radius 1 is 1.00 bits per heavy atom. The molecule has 2 aliphatic heterocycles. The van der Waals surface area contributed by atoms with Crippen LogP contribution in [0.15, 0.2) is 75.8 Å². The molecule has 0 aliphatic carbocycles. The van der Waals surface area contributed by atoms with Gasteiger partial charge >= 0.3 is 0 Å². The third kappa shape index (κ3) is 4.32. The predicted octanol–water partition coefficient (Wildman–Crippen LogP) is 4.44. The van der Waals surface area contributed by atoms with Crippen molar-refractivity contribution < 1.29 is 4.79 Å². The Hall–Kier alpha value is -3.19. The number of amidine groups is 1. The number of benzene rings is 1. The quantitative estimate of drug-likeness (QED) is 0.667. The number of carbonyl (C=O) groups excluding carboxylic acids is 1. The highest BCUT2D eigenvalue weighted by molar-refractivity contribution is 7.99. The number of carbonyl (C=O) groups is 1. The number of piperidine rings is 1. The van der Waals surface area contributed by atoms with E-state index in [-0.39, 0.29) is 5.91 Å². The average Bonchev–Trinajstić information content (AvgIpc) is 3.00. The highest BCUT2D eigenvalue weighted by Gasteiger charge is 2.24. The van der Waals surface area contributed by atoms with Crippen LogP contribution in [0.1, 0.15) is 40.9 Å². The molecule has 2 aliphatic rings. The molecule has 2 aromatic heterocycles. The second-order valence-corrected chi connectivity index (χ2v) is 8.66. The molecule has 0 radical (unpaired) electrons. The number of hydrogen-bond donors (Lipinski definition) is 1. The van der Waals surface area contributed by atoms with Crippen LogP contribution in [0.5, 0.6) is 0 Å². The van der Waals surface area contributed by atoms with Gasteiger partial charge in [0.1, 0.15) is 10.9 Å². The standard InChI is InChI=1S/C24H23N5OS/c30-23(27-16-18-7-2-3-11-25-18)17-9-10-21-20(15-17)28-22(29-13-4-1-5-14-29)19-8-6-12-26-24(19)31-21/h2-3,6-12,15H,1,4-5,13-14,16H2,(H,27,30). The van der Waals surface area contributed by atoms with Crippen LogP contribution in [0.4, 0.5) is 5.69 Å². The molecular formula is C24H23N5OS. The number of hydrogen-bond acceptors (Lipinski definition) is 6. The van der Waals surface area contributed by atoms with E-state index in [1.54, 1.807) is 18.0 Å².